The molecule has 1 atom stereocenters. The van der Waals surface area contributed by atoms with Gasteiger partial charge in [0, 0.05) is 13.5 Å². The van der Waals surface area contributed by atoms with Crippen LogP contribution in [-0.4, -0.2) is 38.6 Å². The lowest BCUT2D eigenvalue weighted by atomic mass is 10.1. The molecule has 0 bridgehead atoms. The van der Waals surface area contributed by atoms with Gasteiger partial charge >= 0.3 is 0 Å². The number of methoxy groups -OCH3 is 1. The number of hydrogen-bond acceptors (Lipinski definition) is 4. The molecule has 2 amide bonds. The first-order valence-corrected chi connectivity index (χ1v) is 9.43. The molecule has 7 heteroatoms. The van der Waals surface area contributed by atoms with Crippen LogP contribution in [0.4, 0.5) is 5.69 Å². The van der Waals surface area contributed by atoms with Crippen molar-refractivity contribution in [1.29, 1.82) is 0 Å². The summed E-state index contributed by atoms with van der Waals surface area (Å²) >= 11 is 3.46. The topological polar surface area (TPSA) is 67.9 Å². The third kappa shape index (κ3) is 4.24. The van der Waals surface area contributed by atoms with Gasteiger partial charge in [0.1, 0.15) is 11.5 Å². The molecule has 142 valence electrons. The highest BCUT2D eigenvalue weighted by Crippen LogP contribution is 2.34. The van der Waals surface area contributed by atoms with Crippen LogP contribution in [0, 0.1) is 0 Å². The van der Waals surface area contributed by atoms with Gasteiger partial charge < -0.3 is 19.7 Å². The van der Waals surface area contributed by atoms with Gasteiger partial charge in [0.2, 0.25) is 5.91 Å². The molecule has 0 radical (unpaired) electrons. The fourth-order valence-electron chi connectivity index (χ4n) is 3.02. The number of nitrogens with one attached hydrogen (secondary N) is 1. The Hall–Kier alpha value is -2.54. The number of anilines is 1. The maximum atomic E-state index is 12.9. The van der Waals surface area contributed by atoms with Crippen molar-refractivity contribution in [3.63, 3.8) is 0 Å². The second-order valence-corrected chi connectivity index (χ2v) is 7.02. The van der Waals surface area contributed by atoms with Crippen molar-refractivity contribution < 1.29 is 19.1 Å². The van der Waals surface area contributed by atoms with Crippen LogP contribution >= 0.6 is 15.9 Å². The maximum Gasteiger partial charge on any atom is 0.262 e. The van der Waals surface area contributed by atoms with Crippen molar-refractivity contribution in [3.05, 3.63) is 52.5 Å². The van der Waals surface area contributed by atoms with Gasteiger partial charge in [-0.1, -0.05) is 18.2 Å². The lowest BCUT2D eigenvalue weighted by molar-refractivity contribution is -0.127. The number of rotatable bonds is 5. The second kappa shape index (κ2) is 8.43. The number of ether oxygens (including phenoxy) is 2. The van der Waals surface area contributed by atoms with Gasteiger partial charge in [0.15, 0.2) is 6.10 Å². The van der Waals surface area contributed by atoms with Gasteiger partial charge in [-0.05, 0) is 52.2 Å². The van der Waals surface area contributed by atoms with Crippen LogP contribution in [0.5, 0.6) is 11.5 Å². The van der Waals surface area contributed by atoms with Crippen molar-refractivity contribution in [2.24, 2.45) is 0 Å². The van der Waals surface area contributed by atoms with E-state index >= 15 is 0 Å². The molecular formula is C20H21BrN2O4. The Morgan fingerprint density at radius 3 is 2.78 bits per heavy atom. The van der Waals surface area contributed by atoms with E-state index in [1.54, 1.807) is 25.1 Å². The fourth-order valence-corrected chi connectivity index (χ4v) is 3.61. The highest BCUT2D eigenvalue weighted by atomic mass is 79.9. The number of benzene rings is 2. The van der Waals surface area contributed by atoms with Crippen molar-refractivity contribution in [1.82, 2.24) is 5.32 Å². The van der Waals surface area contributed by atoms with E-state index in [1.165, 1.54) is 0 Å². The third-order valence-corrected chi connectivity index (χ3v) is 5.08. The number of nitrogens with zero attached hydrogens (tertiary/aromatic N) is 1. The highest BCUT2D eigenvalue weighted by Gasteiger charge is 2.32. The van der Waals surface area contributed by atoms with Gasteiger partial charge in [-0.2, -0.15) is 0 Å². The molecule has 0 saturated heterocycles. The fraction of sp³-hybridized carbons (Fsp3) is 0.300. The molecule has 0 fully saturated rings. The number of carbonyl (C=O) groups excluding carboxylic acids is 2. The lowest BCUT2D eigenvalue weighted by Gasteiger charge is -2.34. The summed E-state index contributed by atoms with van der Waals surface area (Å²) < 4.78 is 11.8. The van der Waals surface area contributed by atoms with E-state index in [4.69, 9.17) is 9.47 Å². The molecule has 27 heavy (non-hydrogen) atoms. The summed E-state index contributed by atoms with van der Waals surface area (Å²) in [6.07, 6.45) is 0.197. The number of halogens is 1. The zero-order valence-corrected chi connectivity index (χ0v) is 16.8. The van der Waals surface area contributed by atoms with Gasteiger partial charge in [-0.15, -0.1) is 0 Å². The Kier molecular flexibility index (Phi) is 6.01. The van der Waals surface area contributed by atoms with Crippen LogP contribution < -0.4 is 19.7 Å². The van der Waals surface area contributed by atoms with E-state index in [9.17, 15) is 9.59 Å². The summed E-state index contributed by atoms with van der Waals surface area (Å²) in [7, 11) is 3.17. The summed E-state index contributed by atoms with van der Waals surface area (Å²) in [6.45, 7) is 0.196. The Morgan fingerprint density at radius 1 is 1.30 bits per heavy atom. The summed E-state index contributed by atoms with van der Waals surface area (Å²) in [5.74, 6) is 0.992. The molecule has 1 unspecified atom stereocenters. The quantitative estimate of drug-likeness (QED) is 0.788. The number of amides is 2. The lowest BCUT2D eigenvalue weighted by Crippen LogP contribution is -2.50. The molecule has 2 aromatic carbocycles. The number of aryl methyl sites for hydroxylation is 1. The van der Waals surface area contributed by atoms with Gasteiger partial charge in [0.25, 0.3) is 5.91 Å². The molecule has 1 heterocycles. The van der Waals surface area contributed by atoms with E-state index < -0.39 is 6.10 Å². The molecule has 6 nitrogen and oxygen atoms in total. The summed E-state index contributed by atoms with van der Waals surface area (Å²) in [5.41, 5.74) is 1.72. The molecule has 0 spiro atoms. The van der Waals surface area contributed by atoms with Crippen LogP contribution in [0.2, 0.25) is 0 Å². The Bertz CT molecular complexity index is 856. The van der Waals surface area contributed by atoms with Gasteiger partial charge in [-0.3, -0.25) is 9.59 Å². The first kappa shape index (κ1) is 19.2. The minimum absolute atomic E-state index is 0.0495. The number of fused-ring (bicyclic) bond motifs is 1. The van der Waals surface area contributed by atoms with E-state index in [1.807, 2.05) is 36.4 Å². The predicted octanol–water partition coefficient (Wildman–Crippen LogP) is 2.93. The predicted molar refractivity (Wildman–Crippen MR) is 106 cm³/mol. The van der Waals surface area contributed by atoms with Crippen molar-refractivity contribution in [2.75, 3.05) is 25.6 Å². The minimum atomic E-state index is -0.719. The summed E-state index contributed by atoms with van der Waals surface area (Å²) in [4.78, 5) is 26.6. The van der Waals surface area contributed by atoms with Crippen molar-refractivity contribution in [3.8, 4) is 11.5 Å². The first-order chi connectivity index (χ1) is 13.0. The summed E-state index contributed by atoms with van der Waals surface area (Å²) in [5, 5.41) is 2.58. The van der Waals surface area contributed by atoms with Gasteiger partial charge in [0.05, 0.1) is 23.8 Å². The Labute approximate surface area is 166 Å². The molecule has 1 N–H and O–H groups in total. The Balaban J connectivity index is 1.75. The smallest absolute Gasteiger partial charge is 0.262 e. The third-order valence-electron chi connectivity index (χ3n) is 4.46. The molecule has 0 saturated carbocycles. The molecule has 2 aromatic rings. The van der Waals surface area contributed by atoms with E-state index in [2.05, 4.69) is 21.2 Å². The second-order valence-electron chi connectivity index (χ2n) is 6.16. The summed E-state index contributed by atoms with van der Waals surface area (Å²) in [6, 6.07) is 13.0. The zero-order valence-electron chi connectivity index (χ0n) is 15.2. The molecule has 1 aliphatic rings. The molecule has 1 aliphatic heterocycles. The van der Waals surface area contributed by atoms with Crippen molar-refractivity contribution >= 4 is 33.4 Å². The number of likely N-dealkylation sites (N-methyl/N-ethyl adjacent to an activating group) is 1. The van der Waals surface area contributed by atoms with E-state index in [-0.39, 0.29) is 18.4 Å². The standard InChI is InChI=1S/C20H21BrN2O4/c1-22-20(25)18-12-23(15-5-3-4-6-17(15)27-18)19(24)10-8-13-7-9-16(26-2)14(21)11-13/h3-7,9,11,18H,8,10,12H2,1-2H3,(H,22,25). The van der Waals surface area contributed by atoms with Crippen LogP contribution in [0.15, 0.2) is 46.9 Å². The van der Waals surface area contributed by atoms with Crippen LogP contribution in [-0.2, 0) is 16.0 Å². The first-order valence-electron chi connectivity index (χ1n) is 8.63. The van der Waals surface area contributed by atoms with Crippen molar-refractivity contribution in [2.45, 2.75) is 18.9 Å². The Morgan fingerprint density at radius 2 is 2.07 bits per heavy atom. The molecule has 0 aliphatic carbocycles. The molecular weight excluding hydrogens is 412 g/mol. The highest BCUT2D eigenvalue weighted by molar-refractivity contribution is 9.10. The number of carbonyl (C=O) groups is 2. The minimum Gasteiger partial charge on any atom is -0.496 e. The largest absolute Gasteiger partial charge is 0.496 e. The monoisotopic (exact) mass is 432 g/mol. The number of hydrogen-bond donors (Lipinski definition) is 1. The zero-order chi connectivity index (χ0) is 19.4. The van der Waals surface area contributed by atoms with E-state index in [0.29, 0.717) is 24.3 Å². The van der Waals surface area contributed by atoms with Crippen LogP contribution in [0.3, 0.4) is 0 Å². The van der Waals surface area contributed by atoms with Crippen LogP contribution in [0.25, 0.3) is 0 Å². The molecule has 3 rings (SSSR count). The molecule has 0 aromatic heterocycles. The van der Waals surface area contributed by atoms with Crippen LogP contribution in [0.1, 0.15) is 12.0 Å². The van der Waals surface area contributed by atoms with Gasteiger partial charge in [-0.25, -0.2) is 0 Å². The normalized spacial score (nSPS) is 15.5. The number of para-hydroxylation sites is 2. The van der Waals surface area contributed by atoms with E-state index in [0.717, 1.165) is 15.8 Å². The maximum absolute atomic E-state index is 12.9. The average Bonchev–Trinajstić information content (AvgIpc) is 2.70. The SMILES string of the molecule is CNC(=O)C1CN(C(=O)CCc2ccc(OC)c(Br)c2)c2ccccc2O1. The average molecular weight is 433 g/mol.